The Bertz CT molecular complexity index is 589. The molecule has 7 heteroatoms. The van der Waals surface area contributed by atoms with Crippen LogP contribution in [0.2, 0.25) is 0 Å². The zero-order chi connectivity index (χ0) is 17.2. The third-order valence-corrected chi connectivity index (χ3v) is 4.55. The van der Waals surface area contributed by atoms with Gasteiger partial charge in [0.25, 0.3) is 0 Å². The van der Waals surface area contributed by atoms with Crippen LogP contribution in [-0.2, 0) is 28.6 Å². The van der Waals surface area contributed by atoms with Gasteiger partial charge in [0.2, 0.25) is 0 Å². The molecule has 23 heavy (non-hydrogen) atoms. The highest BCUT2D eigenvalue weighted by atomic mass is 79.9. The number of fused-ring (bicyclic) bond motifs is 1. The maximum atomic E-state index is 12.2. The predicted molar refractivity (Wildman–Crippen MR) is 84.8 cm³/mol. The van der Waals surface area contributed by atoms with Crippen LogP contribution >= 0.6 is 15.9 Å². The van der Waals surface area contributed by atoms with Gasteiger partial charge in [0.05, 0.1) is 19.1 Å². The average Bonchev–Trinajstić information content (AvgIpc) is 2.82. The molecule has 0 radical (unpaired) electrons. The average molecular weight is 387 g/mol. The minimum Gasteiger partial charge on any atom is -0.466 e. The maximum absolute atomic E-state index is 12.2. The Balaban J connectivity index is 2.37. The lowest BCUT2D eigenvalue weighted by Gasteiger charge is -2.38. The van der Waals surface area contributed by atoms with E-state index in [4.69, 9.17) is 14.2 Å². The first kappa shape index (κ1) is 17.9. The Hall–Kier alpha value is -1.47. The molecular weight excluding hydrogens is 368 g/mol. The van der Waals surface area contributed by atoms with Crippen LogP contribution in [0.4, 0.5) is 0 Å². The summed E-state index contributed by atoms with van der Waals surface area (Å²) in [7, 11) is 0. The first-order valence-electron chi connectivity index (χ1n) is 7.29. The van der Waals surface area contributed by atoms with Gasteiger partial charge in [0.15, 0.2) is 11.9 Å². The van der Waals surface area contributed by atoms with E-state index >= 15 is 0 Å². The quantitative estimate of drug-likeness (QED) is 0.688. The van der Waals surface area contributed by atoms with Crippen molar-refractivity contribution < 1.29 is 28.6 Å². The molecule has 0 aromatic rings. The number of ether oxygens (including phenoxy) is 3. The summed E-state index contributed by atoms with van der Waals surface area (Å²) < 4.78 is 17.1. The molecule has 0 aromatic heterocycles. The molecular formula is C16H19BrO6. The Kier molecular flexibility index (Phi) is 5.41. The highest BCUT2D eigenvalue weighted by Crippen LogP contribution is 2.47. The van der Waals surface area contributed by atoms with Crippen molar-refractivity contribution in [1.82, 2.24) is 0 Å². The third-order valence-electron chi connectivity index (χ3n) is 4.04. The van der Waals surface area contributed by atoms with Gasteiger partial charge in [-0.05, 0) is 29.1 Å². The number of hydrogen-bond donors (Lipinski definition) is 0. The van der Waals surface area contributed by atoms with E-state index in [2.05, 4.69) is 15.9 Å². The van der Waals surface area contributed by atoms with Gasteiger partial charge in [-0.25, -0.2) is 0 Å². The van der Waals surface area contributed by atoms with E-state index in [1.165, 1.54) is 19.9 Å². The van der Waals surface area contributed by atoms with Gasteiger partial charge < -0.3 is 14.2 Å². The summed E-state index contributed by atoms with van der Waals surface area (Å²) in [5.74, 6) is -1.61. The van der Waals surface area contributed by atoms with Gasteiger partial charge in [-0.15, -0.1) is 0 Å². The van der Waals surface area contributed by atoms with Crippen LogP contribution in [0.5, 0.6) is 0 Å². The second-order valence-corrected chi connectivity index (χ2v) is 6.83. The van der Waals surface area contributed by atoms with Gasteiger partial charge in [-0.1, -0.05) is 15.9 Å². The van der Waals surface area contributed by atoms with Gasteiger partial charge in [-0.2, -0.15) is 0 Å². The summed E-state index contributed by atoms with van der Waals surface area (Å²) in [5, 5.41) is 0. The Labute approximate surface area is 143 Å². The molecule has 0 bridgehead atoms. The molecule has 0 amide bonds. The topological polar surface area (TPSA) is 78.9 Å². The maximum Gasteiger partial charge on any atom is 0.303 e. The number of esters is 2. The normalized spacial score (nSPS) is 31.6. The van der Waals surface area contributed by atoms with Crippen molar-refractivity contribution in [3.8, 4) is 0 Å². The van der Waals surface area contributed by atoms with Crippen LogP contribution in [0.1, 0.15) is 27.2 Å². The zero-order valence-corrected chi connectivity index (χ0v) is 14.8. The van der Waals surface area contributed by atoms with E-state index in [0.717, 1.165) is 10.1 Å². The smallest absolute Gasteiger partial charge is 0.303 e. The minimum atomic E-state index is -0.931. The molecule has 2 rings (SSSR count). The lowest BCUT2D eigenvalue weighted by atomic mass is 9.73. The summed E-state index contributed by atoms with van der Waals surface area (Å²) in [5.41, 5.74) is 0.0465. The lowest BCUT2D eigenvalue weighted by Crippen LogP contribution is -2.49. The fourth-order valence-corrected chi connectivity index (χ4v) is 3.40. The van der Waals surface area contributed by atoms with Gasteiger partial charge >= 0.3 is 11.9 Å². The van der Waals surface area contributed by atoms with Crippen molar-refractivity contribution in [2.75, 3.05) is 13.2 Å². The molecule has 126 valence electrons. The summed E-state index contributed by atoms with van der Waals surface area (Å²) >= 11 is 3.43. The van der Waals surface area contributed by atoms with Crippen molar-refractivity contribution in [2.24, 2.45) is 5.92 Å². The summed E-state index contributed by atoms with van der Waals surface area (Å²) in [6.45, 7) is 4.93. The van der Waals surface area contributed by atoms with E-state index in [-0.39, 0.29) is 18.4 Å². The fourth-order valence-electron chi connectivity index (χ4n) is 3.04. The highest BCUT2D eigenvalue weighted by Gasteiger charge is 2.54. The fraction of sp³-hybridized carbons (Fsp3) is 0.562. The molecule has 0 unspecified atom stereocenters. The molecule has 1 fully saturated rings. The SMILES string of the molecule is CC(=O)OCC[C@@]12C=CC(=O)[C@@H](OC(C)=O)[C@@H]1/C(=C(\C)Br)CO2. The summed E-state index contributed by atoms with van der Waals surface area (Å²) in [6.07, 6.45) is 2.51. The molecule has 0 N–H and O–H groups in total. The first-order chi connectivity index (χ1) is 10.8. The Morgan fingerprint density at radius 2 is 2.04 bits per heavy atom. The van der Waals surface area contributed by atoms with Crippen LogP contribution in [0.25, 0.3) is 0 Å². The molecule has 1 aliphatic heterocycles. The second kappa shape index (κ2) is 6.97. The van der Waals surface area contributed by atoms with Crippen molar-refractivity contribution in [2.45, 2.75) is 38.9 Å². The van der Waals surface area contributed by atoms with Crippen molar-refractivity contribution in [3.05, 3.63) is 22.2 Å². The number of hydrogen-bond acceptors (Lipinski definition) is 6. The number of ketones is 1. The Morgan fingerprint density at radius 1 is 1.35 bits per heavy atom. The third kappa shape index (κ3) is 3.72. The zero-order valence-electron chi connectivity index (χ0n) is 13.3. The molecule has 0 saturated carbocycles. The van der Waals surface area contributed by atoms with E-state index in [0.29, 0.717) is 13.0 Å². The van der Waals surface area contributed by atoms with Crippen molar-refractivity contribution >= 4 is 33.7 Å². The van der Waals surface area contributed by atoms with Gasteiger partial charge in [0.1, 0.15) is 5.60 Å². The number of carbonyl (C=O) groups is 3. The number of halogens is 1. The van der Waals surface area contributed by atoms with E-state index in [1.807, 2.05) is 6.92 Å². The summed E-state index contributed by atoms with van der Waals surface area (Å²) in [4.78, 5) is 34.6. The van der Waals surface area contributed by atoms with E-state index < -0.39 is 23.6 Å². The molecule has 1 saturated heterocycles. The largest absolute Gasteiger partial charge is 0.466 e. The van der Waals surface area contributed by atoms with Crippen LogP contribution in [0.3, 0.4) is 0 Å². The van der Waals surface area contributed by atoms with Crippen LogP contribution in [-0.4, -0.2) is 42.6 Å². The molecule has 0 aromatic carbocycles. The molecule has 1 aliphatic carbocycles. The van der Waals surface area contributed by atoms with E-state index in [9.17, 15) is 14.4 Å². The molecule has 1 heterocycles. The molecule has 3 atom stereocenters. The van der Waals surface area contributed by atoms with Gasteiger partial charge in [-0.3, -0.25) is 14.4 Å². The van der Waals surface area contributed by atoms with Crippen LogP contribution < -0.4 is 0 Å². The van der Waals surface area contributed by atoms with E-state index in [1.54, 1.807) is 6.08 Å². The Morgan fingerprint density at radius 3 is 2.61 bits per heavy atom. The monoisotopic (exact) mass is 386 g/mol. The molecule has 2 aliphatic rings. The standard InChI is InChI=1S/C16H19BrO6/c1-9(17)12-8-22-16(6-7-21-10(2)18)5-4-13(20)15(14(12)16)23-11(3)19/h4-5,14-15H,6-8H2,1-3H3/b12-9+/t14-,15+,16-/m0/s1. The summed E-state index contributed by atoms with van der Waals surface area (Å²) in [6, 6.07) is 0. The lowest BCUT2D eigenvalue weighted by molar-refractivity contribution is -0.159. The van der Waals surface area contributed by atoms with Crippen LogP contribution in [0, 0.1) is 5.92 Å². The first-order valence-corrected chi connectivity index (χ1v) is 8.09. The molecule has 6 nitrogen and oxygen atoms in total. The number of rotatable bonds is 4. The second-order valence-electron chi connectivity index (χ2n) is 5.64. The van der Waals surface area contributed by atoms with Crippen molar-refractivity contribution in [1.29, 1.82) is 0 Å². The number of carbonyl (C=O) groups excluding carboxylic acids is 3. The minimum absolute atomic E-state index is 0.159. The van der Waals surface area contributed by atoms with Crippen LogP contribution in [0.15, 0.2) is 22.2 Å². The molecule has 0 spiro atoms. The van der Waals surface area contributed by atoms with Crippen molar-refractivity contribution in [3.63, 3.8) is 0 Å². The van der Waals surface area contributed by atoms with Gasteiger partial charge in [0, 0.05) is 20.3 Å². The predicted octanol–water partition coefficient (Wildman–Crippen LogP) is 2.06. The number of allylic oxidation sites excluding steroid dienone is 1. The highest BCUT2D eigenvalue weighted by molar-refractivity contribution is 9.11.